The second-order valence-electron chi connectivity index (χ2n) is 5.55. The van der Waals surface area contributed by atoms with Gasteiger partial charge in [0.2, 0.25) is 0 Å². The summed E-state index contributed by atoms with van der Waals surface area (Å²) in [5, 5.41) is 0. The van der Waals surface area contributed by atoms with Crippen LogP contribution in [0.5, 0.6) is 5.75 Å². The van der Waals surface area contributed by atoms with Crippen molar-refractivity contribution in [2.45, 2.75) is 6.61 Å². The van der Waals surface area contributed by atoms with Gasteiger partial charge in [0.05, 0.1) is 13.2 Å². The molecule has 0 saturated carbocycles. The van der Waals surface area contributed by atoms with Gasteiger partial charge < -0.3 is 23.7 Å². The van der Waals surface area contributed by atoms with Gasteiger partial charge in [0.15, 0.2) is 0 Å². The van der Waals surface area contributed by atoms with Gasteiger partial charge in [-0.15, -0.1) is 0 Å². The van der Waals surface area contributed by atoms with E-state index in [0.717, 1.165) is 5.82 Å². The summed E-state index contributed by atoms with van der Waals surface area (Å²) in [6.07, 6.45) is 3.60. The van der Waals surface area contributed by atoms with Crippen LogP contribution in [0.4, 0.5) is 0 Å². The molecule has 0 unspecified atom stereocenters. The maximum atomic E-state index is 12.6. The Morgan fingerprint density at radius 2 is 1.76 bits per heavy atom. The molecule has 0 saturated heterocycles. The van der Waals surface area contributed by atoms with Gasteiger partial charge in [-0.25, -0.2) is 4.98 Å². The van der Waals surface area contributed by atoms with E-state index in [-0.39, 0.29) is 5.91 Å². The summed E-state index contributed by atoms with van der Waals surface area (Å²) >= 11 is 0. The average Bonchev–Trinajstić information content (AvgIpc) is 3.05. The van der Waals surface area contributed by atoms with Crippen LogP contribution in [-0.4, -0.2) is 60.9 Å². The first-order valence-corrected chi connectivity index (χ1v) is 8.12. The number of amides is 1. The molecule has 25 heavy (non-hydrogen) atoms. The monoisotopic (exact) mass is 347 g/mol. The zero-order chi connectivity index (χ0) is 18.1. The van der Waals surface area contributed by atoms with Crippen LogP contribution in [0.25, 0.3) is 0 Å². The van der Waals surface area contributed by atoms with Crippen LogP contribution in [0.15, 0.2) is 36.7 Å². The predicted molar refractivity (Wildman–Crippen MR) is 93.6 cm³/mol. The maximum Gasteiger partial charge on any atom is 0.254 e. The van der Waals surface area contributed by atoms with Gasteiger partial charge in [-0.05, 0) is 24.3 Å². The highest BCUT2D eigenvalue weighted by atomic mass is 16.5. The van der Waals surface area contributed by atoms with Crippen molar-refractivity contribution in [3.8, 4) is 5.75 Å². The lowest BCUT2D eigenvalue weighted by Crippen LogP contribution is -2.36. The molecule has 0 N–H and O–H groups in total. The van der Waals surface area contributed by atoms with Crippen LogP contribution in [0.1, 0.15) is 16.2 Å². The first kappa shape index (κ1) is 19.0. The molecule has 0 bridgehead atoms. The van der Waals surface area contributed by atoms with E-state index in [1.54, 1.807) is 49.6 Å². The van der Waals surface area contributed by atoms with Crippen LogP contribution in [-0.2, 0) is 23.1 Å². The number of nitrogens with zero attached hydrogens (tertiary/aromatic N) is 3. The fourth-order valence-electron chi connectivity index (χ4n) is 2.28. The van der Waals surface area contributed by atoms with Crippen molar-refractivity contribution in [3.05, 3.63) is 48.0 Å². The molecule has 7 nitrogen and oxygen atoms in total. The number of ether oxygens (including phenoxy) is 3. The standard InChI is InChI=1S/C18H25N3O4/c1-20-9-8-19-17(20)14-25-16-6-4-15(5-7-16)18(22)21(10-12-23-2)11-13-24-3/h4-9H,10-14H2,1-3H3. The Labute approximate surface area is 148 Å². The number of aromatic nitrogens is 2. The Hall–Kier alpha value is -2.38. The minimum absolute atomic E-state index is 0.0512. The Kier molecular flexibility index (Phi) is 7.43. The zero-order valence-electron chi connectivity index (χ0n) is 15.0. The molecule has 2 rings (SSSR count). The van der Waals surface area contributed by atoms with E-state index >= 15 is 0 Å². The van der Waals surface area contributed by atoms with Gasteiger partial charge in [-0.1, -0.05) is 0 Å². The van der Waals surface area contributed by atoms with Crippen molar-refractivity contribution in [2.75, 3.05) is 40.5 Å². The normalized spacial score (nSPS) is 10.7. The fourth-order valence-corrected chi connectivity index (χ4v) is 2.28. The van der Waals surface area contributed by atoms with Gasteiger partial charge in [-0.2, -0.15) is 0 Å². The Bertz CT molecular complexity index is 647. The summed E-state index contributed by atoms with van der Waals surface area (Å²) in [5.41, 5.74) is 0.608. The molecule has 0 aliphatic heterocycles. The lowest BCUT2D eigenvalue weighted by atomic mass is 10.2. The van der Waals surface area contributed by atoms with E-state index in [1.165, 1.54) is 0 Å². The van der Waals surface area contributed by atoms with Crippen LogP contribution in [0.2, 0.25) is 0 Å². The van der Waals surface area contributed by atoms with Crippen LogP contribution >= 0.6 is 0 Å². The van der Waals surface area contributed by atoms with Crippen molar-refractivity contribution in [2.24, 2.45) is 7.05 Å². The molecule has 7 heteroatoms. The van der Waals surface area contributed by atoms with Gasteiger partial charge in [0, 0.05) is 52.3 Å². The Morgan fingerprint density at radius 1 is 1.12 bits per heavy atom. The third-order valence-electron chi connectivity index (χ3n) is 3.81. The molecule has 1 aromatic heterocycles. The summed E-state index contributed by atoms with van der Waals surface area (Å²) in [4.78, 5) is 18.5. The fraction of sp³-hybridized carbons (Fsp3) is 0.444. The van der Waals surface area contributed by atoms with Gasteiger partial charge in [0.1, 0.15) is 18.2 Å². The minimum Gasteiger partial charge on any atom is -0.486 e. The second-order valence-corrected chi connectivity index (χ2v) is 5.55. The van der Waals surface area contributed by atoms with Crippen molar-refractivity contribution in [1.82, 2.24) is 14.5 Å². The molecule has 1 aromatic carbocycles. The molecule has 0 atom stereocenters. The topological polar surface area (TPSA) is 65.8 Å². The number of carbonyl (C=O) groups excluding carboxylic acids is 1. The predicted octanol–water partition coefficient (Wildman–Crippen LogP) is 1.73. The van der Waals surface area contributed by atoms with Gasteiger partial charge in [-0.3, -0.25) is 4.79 Å². The molecule has 1 heterocycles. The van der Waals surface area contributed by atoms with Gasteiger partial charge in [0.25, 0.3) is 5.91 Å². The van der Waals surface area contributed by atoms with E-state index < -0.39 is 0 Å². The van der Waals surface area contributed by atoms with Crippen molar-refractivity contribution < 1.29 is 19.0 Å². The summed E-state index contributed by atoms with van der Waals surface area (Å²) in [5.74, 6) is 1.48. The SMILES string of the molecule is COCCN(CCOC)C(=O)c1ccc(OCc2nccn2C)cc1. The van der Waals surface area contributed by atoms with Crippen molar-refractivity contribution in [1.29, 1.82) is 0 Å². The molecule has 136 valence electrons. The van der Waals surface area contributed by atoms with Crippen molar-refractivity contribution in [3.63, 3.8) is 0 Å². The van der Waals surface area contributed by atoms with E-state index in [0.29, 0.717) is 44.2 Å². The summed E-state index contributed by atoms with van der Waals surface area (Å²) in [7, 11) is 5.15. The maximum absolute atomic E-state index is 12.6. The van der Waals surface area contributed by atoms with E-state index in [9.17, 15) is 4.79 Å². The van der Waals surface area contributed by atoms with Crippen LogP contribution in [0.3, 0.4) is 0 Å². The van der Waals surface area contributed by atoms with E-state index in [2.05, 4.69) is 4.98 Å². The molecular weight excluding hydrogens is 322 g/mol. The number of rotatable bonds is 10. The average molecular weight is 347 g/mol. The largest absolute Gasteiger partial charge is 0.486 e. The summed E-state index contributed by atoms with van der Waals surface area (Å²) in [6.45, 7) is 2.40. The third kappa shape index (κ3) is 5.58. The number of aryl methyl sites for hydroxylation is 1. The molecule has 1 amide bonds. The molecule has 0 radical (unpaired) electrons. The number of hydrogen-bond acceptors (Lipinski definition) is 5. The number of carbonyl (C=O) groups is 1. The highest BCUT2D eigenvalue weighted by Gasteiger charge is 2.15. The molecule has 0 fully saturated rings. The highest BCUT2D eigenvalue weighted by molar-refractivity contribution is 5.94. The molecule has 0 spiro atoms. The Morgan fingerprint density at radius 3 is 2.28 bits per heavy atom. The Balaban J connectivity index is 1.96. The van der Waals surface area contributed by atoms with E-state index in [1.807, 2.05) is 17.8 Å². The van der Waals surface area contributed by atoms with Crippen LogP contribution < -0.4 is 4.74 Å². The molecule has 2 aromatic rings. The molecular formula is C18H25N3O4. The third-order valence-corrected chi connectivity index (χ3v) is 3.81. The lowest BCUT2D eigenvalue weighted by Gasteiger charge is -2.22. The smallest absolute Gasteiger partial charge is 0.254 e. The summed E-state index contributed by atoms with van der Waals surface area (Å²) < 4.78 is 17.8. The highest BCUT2D eigenvalue weighted by Crippen LogP contribution is 2.15. The van der Waals surface area contributed by atoms with Gasteiger partial charge >= 0.3 is 0 Å². The van der Waals surface area contributed by atoms with Crippen molar-refractivity contribution >= 4 is 5.91 Å². The minimum atomic E-state index is -0.0512. The quantitative estimate of drug-likeness (QED) is 0.655. The van der Waals surface area contributed by atoms with Crippen LogP contribution in [0, 0.1) is 0 Å². The number of benzene rings is 1. The number of hydrogen-bond donors (Lipinski definition) is 0. The first-order chi connectivity index (χ1) is 12.2. The lowest BCUT2D eigenvalue weighted by molar-refractivity contribution is 0.0627. The first-order valence-electron chi connectivity index (χ1n) is 8.12. The second kappa shape index (κ2) is 9.80. The molecule has 0 aliphatic carbocycles. The number of methoxy groups -OCH3 is 2. The van der Waals surface area contributed by atoms with E-state index in [4.69, 9.17) is 14.2 Å². The summed E-state index contributed by atoms with van der Waals surface area (Å²) in [6, 6.07) is 7.12. The molecule has 0 aliphatic rings. The number of imidazole rings is 1. The zero-order valence-corrected chi connectivity index (χ0v) is 15.0.